The van der Waals surface area contributed by atoms with Crippen LogP contribution in [0.4, 0.5) is 5.69 Å². The fraction of sp³-hybridized carbons (Fsp3) is 0. The van der Waals surface area contributed by atoms with Gasteiger partial charge in [-0.15, -0.1) is 11.3 Å². The summed E-state index contributed by atoms with van der Waals surface area (Å²) >= 11 is 1.57. The summed E-state index contributed by atoms with van der Waals surface area (Å²) in [5.74, 6) is 0. The lowest BCUT2D eigenvalue weighted by Crippen LogP contribution is -2.12. The van der Waals surface area contributed by atoms with Crippen LogP contribution in [0.25, 0.3) is 27.0 Å². The van der Waals surface area contributed by atoms with E-state index in [1.54, 1.807) is 35.6 Å². The highest BCUT2D eigenvalue weighted by molar-refractivity contribution is 7.92. The van der Waals surface area contributed by atoms with Gasteiger partial charge in [-0.2, -0.15) is 0 Å². The minimum absolute atomic E-state index is 0.240. The monoisotopic (exact) mass is 405 g/mol. The minimum Gasteiger partial charge on any atom is -0.297 e. The molecular weight excluding hydrogens is 390 g/mol. The van der Waals surface area contributed by atoms with Crippen molar-refractivity contribution in [3.05, 3.63) is 84.5 Å². The molecule has 0 saturated heterocycles. The standard InChI is InChI=1S/C21H15N3O2S2/c25-28(26,19-10-7-15-3-1-2-4-17(15)13-19)23-18-8-5-16(6-9-18)20-14-24-11-12-27-21(24)22-20/h1-14,23H. The van der Waals surface area contributed by atoms with E-state index in [1.807, 2.05) is 64.6 Å². The molecule has 138 valence electrons. The van der Waals surface area contributed by atoms with E-state index in [-0.39, 0.29) is 4.90 Å². The average molecular weight is 406 g/mol. The van der Waals surface area contributed by atoms with Crippen LogP contribution in [0.5, 0.6) is 0 Å². The molecule has 2 heterocycles. The van der Waals surface area contributed by atoms with Crippen LogP contribution in [0.1, 0.15) is 0 Å². The Kier molecular flexibility index (Phi) is 3.92. The number of nitrogens with zero attached hydrogens (tertiary/aromatic N) is 2. The molecule has 5 rings (SSSR count). The summed E-state index contributed by atoms with van der Waals surface area (Å²) in [7, 11) is -3.66. The lowest BCUT2D eigenvalue weighted by Gasteiger charge is -2.09. The van der Waals surface area contributed by atoms with Crippen molar-refractivity contribution in [2.24, 2.45) is 0 Å². The third-order valence-corrected chi connectivity index (χ3v) is 6.71. The maximum atomic E-state index is 12.8. The molecule has 0 bridgehead atoms. The van der Waals surface area contributed by atoms with E-state index in [2.05, 4.69) is 9.71 Å². The Morgan fingerprint density at radius 3 is 2.50 bits per heavy atom. The predicted molar refractivity (Wildman–Crippen MR) is 113 cm³/mol. The number of thiazole rings is 1. The molecule has 0 fully saturated rings. The molecule has 7 heteroatoms. The molecule has 0 unspecified atom stereocenters. The Balaban J connectivity index is 1.41. The van der Waals surface area contributed by atoms with Crippen LogP contribution >= 0.6 is 11.3 Å². The van der Waals surface area contributed by atoms with Crippen LogP contribution in [-0.2, 0) is 10.0 Å². The predicted octanol–water partition coefficient (Wildman–Crippen LogP) is 5.02. The number of rotatable bonds is 4. The van der Waals surface area contributed by atoms with Gasteiger partial charge in [-0.05, 0) is 35.0 Å². The summed E-state index contributed by atoms with van der Waals surface area (Å²) in [5.41, 5.74) is 2.30. The molecule has 0 saturated carbocycles. The fourth-order valence-corrected chi connectivity index (χ4v) is 4.92. The molecule has 5 aromatic rings. The van der Waals surface area contributed by atoms with Crippen molar-refractivity contribution in [3.8, 4) is 11.3 Å². The number of sulfonamides is 1. The number of hydrogen-bond acceptors (Lipinski definition) is 4. The third kappa shape index (κ3) is 3.04. The van der Waals surface area contributed by atoms with Crippen molar-refractivity contribution in [1.29, 1.82) is 0 Å². The van der Waals surface area contributed by atoms with Gasteiger partial charge < -0.3 is 0 Å². The van der Waals surface area contributed by atoms with Gasteiger partial charge in [0.05, 0.1) is 10.6 Å². The Hall–Kier alpha value is -3.16. The first kappa shape index (κ1) is 17.0. The first-order valence-corrected chi connectivity index (χ1v) is 11.0. The van der Waals surface area contributed by atoms with Crippen molar-refractivity contribution in [2.75, 3.05) is 4.72 Å². The molecule has 1 N–H and O–H groups in total. The highest BCUT2D eigenvalue weighted by atomic mass is 32.2. The van der Waals surface area contributed by atoms with Crippen molar-refractivity contribution >= 4 is 42.8 Å². The number of benzene rings is 3. The first-order chi connectivity index (χ1) is 13.6. The van der Waals surface area contributed by atoms with Gasteiger partial charge in [0, 0.05) is 29.0 Å². The van der Waals surface area contributed by atoms with E-state index in [9.17, 15) is 8.42 Å². The van der Waals surface area contributed by atoms with Gasteiger partial charge in [-0.1, -0.05) is 42.5 Å². The van der Waals surface area contributed by atoms with E-state index in [1.165, 1.54) is 0 Å². The van der Waals surface area contributed by atoms with Gasteiger partial charge in [0.25, 0.3) is 10.0 Å². The highest BCUT2D eigenvalue weighted by Crippen LogP contribution is 2.25. The molecule has 0 aliphatic carbocycles. The molecule has 0 amide bonds. The largest absolute Gasteiger partial charge is 0.297 e. The normalized spacial score (nSPS) is 11.9. The van der Waals surface area contributed by atoms with Crippen LogP contribution in [0.15, 0.2) is 89.4 Å². The molecule has 0 spiro atoms. The van der Waals surface area contributed by atoms with Gasteiger partial charge in [0.1, 0.15) is 0 Å². The van der Waals surface area contributed by atoms with Gasteiger partial charge in [-0.3, -0.25) is 9.12 Å². The molecule has 0 atom stereocenters. The molecule has 0 aliphatic rings. The second-order valence-corrected chi connectivity index (χ2v) is 8.97. The summed E-state index contributed by atoms with van der Waals surface area (Å²) in [4.78, 5) is 5.73. The summed E-state index contributed by atoms with van der Waals surface area (Å²) in [6.07, 6.45) is 3.92. The summed E-state index contributed by atoms with van der Waals surface area (Å²) in [6, 6.07) is 20.0. The number of fused-ring (bicyclic) bond motifs is 2. The smallest absolute Gasteiger partial charge is 0.261 e. The highest BCUT2D eigenvalue weighted by Gasteiger charge is 2.15. The Morgan fingerprint density at radius 2 is 1.71 bits per heavy atom. The van der Waals surface area contributed by atoms with Gasteiger partial charge in [-0.25, -0.2) is 13.4 Å². The number of aromatic nitrogens is 2. The van der Waals surface area contributed by atoms with Crippen molar-refractivity contribution in [2.45, 2.75) is 4.90 Å². The fourth-order valence-electron chi connectivity index (χ4n) is 3.12. The van der Waals surface area contributed by atoms with E-state index < -0.39 is 10.0 Å². The lowest BCUT2D eigenvalue weighted by atomic mass is 10.1. The van der Waals surface area contributed by atoms with Crippen molar-refractivity contribution < 1.29 is 8.42 Å². The first-order valence-electron chi connectivity index (χ1n) is 8.63. The van der Waals surface area contributed by atoms with Crippen LogP contribution in [-0.4, -0.2) is 17.8 Å². The number of nitrogens with one attached hydrogen (secondary N) is 1. The average Bonchev–Trinajstić information content (AvgIpc) is 3.30. The van der Waals surface area contributed by atoms with Crippen LogP contribution < -0.4 is 4.72 Å². The van der Waals surface area contributed by atoms with Crippen molar-refractivity contribution in [3.63, 3.8) is 0 Å². The maximum absolute atomic E-state index is 12.8. The maximum Gasteiger partial charge on any atom is 0.261 e. The zero-order valence-corrected chi connectivity index (χ0v) is 16.2. The second kappa shape index (κ2) is 6.47. The molecule has 0 radical (unpaired) electrons. The summed E-state index contributed by atoms with van der Waals surface area (Å²) in [5, 5.41) is 3.88. The van der Waals surface area contributed by atoms with Crippen molar-refractivity contribution in [1.82, 2.24) is 9.38 Å². The van der Waals surface area contributed by atoms with Gasteiger partial charge in [0.15, 0.2) is 4.96 Å². The topological polar surface area (TPSA) is 63.5 Å². The number of hydrogen-bond donors (Lipinski definition) is 1. The minimum atomic E-state index is -3.66. The quantitative estimate of drug-likeness (QED) is 0.457. The SMILES string of the molecule is O=S(=O)(Nc1ccc(-c2cn3ccsc3n2)cc1)c1ccc2ccccc2c1. The van der Waals surface area contributed by atoms with Gasteiger partial charge in [0.2, 0.25) is 0 Å². The second-order valence-electron chi connectivity index (χ2n) is 6.41. The third-order valence-electron chi connectivity index (χ3n) is 4.56. The van der Waals surface area contributed by atoms with E-state index >= 15 is 0 Å². The summed E-state index contributed by atoms with van der Waals surface area (Å²) < 4.78 is 30.1. The molecular formula is C21H15N3O2S2. The molecule has 3 aromatic carbocycles. The summed E-state index contributed by atoms with van der Waals surface area (Å²) in [6.45, 7) is 0. The zero-order valence-electron chi connectivity index (χ0n) is 14.6. The van der Waals surface area contributed by atoms with E-state index in [0.717, 1.165) is 27.0 Å². The van der Waals surface area contributed by atoms with Crippen LogP contribution in [0, 0.1) is 0 Å². The zero-order chi connectivity index (χ0) is 19.1. The van der Waals surface area contributed by atoms with Crippen LogP contribution in [0.2, 0.25) is 0 Å². The Bertz CT molecular complexity index is 1370. The number of imidazole rings is 1. The Morgan fingerprint density at radius 1 is 0.929 bits per heavy atom. The molecule has 2 aromatic heterocycles. The number of anilines is 1. The Labute approximate surface area is 166 Å². The molecule has 5 nitrogen and oxygen atoms in total. The van der Waals surface area contributed by atoms with E-state index in [4.69, 9.17) is 0 Å². The van der Waals surface area contributed by atoms with E-state index in [0.29, 0.717) is 5.69 Å². The van der Waals surface area contributed by atoms with Crippen LogP contribution in [0.3, 0.4) is 0 Å². The van der Waals surface area contributed by atoms with Gasteiger partial charge >= 0.3 is 0 Å². The molecule has 0 aliphatic heterocycles. The molecule has 28 heavy (non-hydrogen) atoms. The lowest BCUT2D eigenvalue weighted by molar-refractivity contribution is 0.601.